The molecule has 1 unspecified atom stereocenters. The second-order valence-electron chi connectivity index (χ2n) is 5.02. The molecule has 0 spiro atoms. The zero-order valence-electron chi connectivity index (χ0n) is 11.8. The average Bonchev–Trinajstić information content (AvgIpc) is 2.47. The quantitative estimate of drug-likeness (QED) is 0.771. The van der Waals surface area contributed by atoms with Gasteiger partial charge in [0.15, 0.2) is 0 Å². The van der Waals surface area contributed by atoms with E-state index in [4.69, 9.17) is 4.74 Å². The van der Waals surface area contributed by atoms with Crippen molar-refractivity contribution in [1.29, 1.82) is 0 Å². The topological polar surface area (TPSA) is 42.4 Å². The van der Waals surface area contributed by atoms with Crippen LogP contribution in [0.15, 0.2) is 22.8 Å². The van der Waals surface area contributed by atoms with E-state index in [0.717, 1.165) is 23.3 Å². The predicted molar refractivity (Wildman–Crippen MR) is 81.4 cm³/mol. The van der Waals surface area contributed by atoms with E-state index < -0.39 is 0 Å². The summed E-state index contributed by atoms with van der Waals surface area (Å²) in [5.74, 6) is -0.146. The van der Waals surface area contributed by atoms with Crippen LogP contribution in [-0.4, -0.2) is 35.5 Å². The Balaban J connectivity index is 2.13. The number of carbonyl (C=O) groups is 1. The first-order valence-corrected chi connectivity index (χ1v) is 8.01. The summed E-state index contributed by atoms with van der Waals surface area (Å²) < 4.78 is 6.06. The van der Waals surface area contributed by atoms with Gasteiger partial charge in [-0.05, 0) is 60.9 Å². The van der Waals surface area contributed by atoms with Gasteiger partial charge < -0.3 is 4.74 Å². The Kier molecular flexibility index (Phi) is 5.98. The minimum absolute atomic E-state index is 0.0300. The molecule has 5 heteroatoms. The molecule has 1 saturated heterocycles. The Bertz CT molecular complexity index is 430. The van der Waals surface area contributed by atoms with Gasteiger partial charge in [-0.2, -0.15) is 0 Å². The van der Waals surface area contributed by atoms with Gasteiger partial charge in [-0.25, -0.2) is 0 Å². The Morgan fingerprint density at radius 1 is 1.40 bits per heavy atom. The first-order valence-electron chi connectivity index (χ1n) is 7.22. The van der Waals surface area contributed by atoms with Crippen LogP contribution in [0, 0.1) is 0 Å². The molecule has 1 aromatic heterocycles. The van der Waals surface area contributed by atoms with Crippen molar-refractivity contribution >= 4 is 21.9 Å². The van der Waals surface area contributed by atoms with Crippen molar-refractivity contribution in [2.45, 2.75) is 38.6 Å². The molecule has 2 rings (SSSR count). The standard InChI is InChI=1S/C15H21BrN2O2/c1-2-20-15(19)10-14(18-8-4-3-5-9-18)13-7-6-12(16)11-17-13/h6-7,11,14H,2-5,8-10H2,1H3. The van der Waals surface area contributed by atoms with Crippen LogP contribution in [0.3, 0.4) is 0 Å². The number of esters is 1. The molecule has 0 bridgehead atoms. The SMILES string of the molecule is CCOC(=O)CC(c1ccc(Br)cn1)N1CCCCC1. The van der Waals surface area contributed by atoms with E-state index in [-0.39, 0.29) is 12.0 Å². The van der Waals surface area contributed by atoms with E-state index >= 15 is 0 Å². The maximum Gasteiger partial charge on any atom is 0.307 e. The molecule has 1 aliphatic rings. The van der Waals surface area contributed by atoms with Gasteiger partial charge in [0, 0.05) is 10.7 Å². The Morgan fingerprint density at radius 3 is 2.75 bits per heavy atom. The number of pyridine rings is 1. The van der Waals surface area contributed by atoms with E-state index in [0.29, 0.717) is 13.0 Å². The summed E-state index contributed by atoms with van der Waals surface area (Å²) in [4.78, 5) is 18.7. The number of hydrogen-bond acceptors (Lipinski definition) is 4. The molecule has 20 heavy (non-hydrogen) atoms. The molecule has 0 saturated carbocycles. The van der Waals surface area contributed by atoms with Crippen LogP contribution in [0.2, 0.25) is 0 Å². The maximum absolute atomic E-state index is 11.9. The van der Waals surface area contributed by atoms with Crippen LogP contribution in [0.5, 0.6) is 0 Å². The van der Waals surface area contributed by atoms with Gasteiger partial charge in [0.1, 0.15) is 0 Å². The Morgan fingerprint density at radius 2 is 2.15 bits per heavy atom. The lowest BCUT2D eigenvalue weighted by Gasteiger charge is -2.33. The van der Waals surface area contributed by atoms with E-state index in [2.05, 4.69) is 25.8 Å². The van der Waals surface area contributed by atoms with Crippen LogP contribution in [-0.2, 0) is 9.53 Å². The first-order chi connectivity index (χ1) is 9.70. The Labute approximate surface area is 128 Å². The molecule has 1 aliphatic heterocycles. The molecular weight excluding hydrogens is 320 g/mol. The molecule has 0 N–H and O–H groups in total. The van der Waals surface area contributed by atoms with Crippen LogP contribution >= 0.6 is 15.9 Å². The van der Waals surface area contributed by atoms with Gasteiger partial charge in [-0.1, -0.05) is 6.42 Å². The summed E-state index contributed by atoms with van der Waals surface area (Å²) in [6.07, 6.45) is 5.82. The number of nitrogens with zero attached hydrogens (tertiary/aromatic N) is 2. The lowest BCUT2D eigenvalue weighted by molar-refractivity contribution is -0.144. The minimum atomic E-state index is -0.146. The normalized spacial score (nSPS) is 17.7. The molecule has 0 radical (unpaired) electrons. The highest BCUT2D eigenvalue weighted by Crippen LogP contribution is 2.27. The number of hydrogen-bond donors (Lipinski definition) is 0. The summed E-state index contributed by atoms with van der Waals surface area (Å²) in [7, 11) is 0. The fraction of sp³-hybridized carbons (Fsp3) is 0.600. The van der Waals surface area contributed by atoms with Crippen molar-refractivity contribution in [3.8, 4) is 0 Å². The monoisotopic (exact) mass is 340 g/mol. The molecule has 4 nitrogen and oxygen atoms in total. The second-order valence-corrected chi connectivity index (χ2v) is 5.94. The van der Waals surface area contributed by atoms with Gasteiger partial charge in [0.05, 0.1) is 24.8 Å². The van der Waals surface area contributed by atoms with Gasteiger partial charge >= 0.3 is 5.97 Å². The van der Waals surface area contributed by atoms with Crippen molar-refractivity contribution in [3.05, 3.63) is 28.5 Å². The molecule has 1 fully saturated rings. The number of halogens is 1. The van der Waals surface area contributed by atoms with Crippen LogP contribution in [0.4, 0.5) is 0 Å². The number of carbonyl (C=O) groups excluding carboxylic acids is 1. The summed E-state index contributed by atoms with van der Waals surface area (Å²) in [6, 6.07) is 4.00. The third-order valence-electron chi connectivity index (χ3n) is 3.59. The molecule has 2 heterocycles. The van der Waals surface area contributed by atoms with Crippen molar-refractivity contribution in [2.24, 2.45) is 0 Å². The highest BCUT2D eigenvalue weighted by molar-refractivity contribution is 9.10. The number of rotatable bonds is 5. The van der Waals surface area contributed by atoms with Gasteiger partial charge in [0.2, 0.25) is 0 Å². The third kappa shape index (κ3) is 4.28. The lowest BCUT2D eigenvalue weighted by Crippen LogP contribution is -2.35. The minimum Gasteiger partial charge on any atom is -0.466 e. The van der Waals surface area contributed by atoms with Crippen molar-refractivity contribution in [3.63, 3.8) is 0 Å². The highest BCUT2D eigenvalue weighted by atomic mass is 79.9. The molecule has 1 atom stereocenters. The summed E-state index contributed by atoms with van der Waals surface area (Å²) >= 11 is 3.40. The molecule has 0 aromatic carbocycles. The van der Waals surface area contributed by atoms with Gasteiger partial charge in [-0.3, -0.25) is 14.7 Å². The Hall–Kier alpha value is -0.940. The fourth-order valence-corrected chi connectivity index (χ4v) is 2.85. The van der Waals surface area contributed by atoms with Crippen molar-refractivity contribution in [1.82, 2.24) is 9.88 Å². The number of aromatic nitrogens is 1. The molecular formula is C15H21BrN2O2. The summed E-state index contributed by atoms with van der Waals surface area (Å²) in [6.45, 7) is 4.33. The van der Waals surface area contributed by atoms with Gasteiger partial charge in [0.25, 0.3) is 0 Å². The number of piperidine rings is 1. The second kappa shape index (κ2) is 7.74. The van der Waals surface area contributed by atoms with E-state index in [1.165, 1.54) is 19.3 Å². The zero-order chi connectivity index (χ0) is 14.4. The molecule has 0 amide bonds. The maximum atomic E-state index is 11.9. The van der Waals surface area contributed by atoms with E-state index in [9.17, 15) is 4.79 Å². The number of ether oxygens (including phenoxy) is 1. The van der Waals surface area contributed by atoms with Crippen LogP contribution in [0.25, 0.3) is 0 Å². The zero-order valence-corrected chi connectivity index (χ0v) is 13.4. The lowest BCUT2D eigenvalue weighted by atomic mass is 10.0. The van der Waals surface area contributed by atoms with Gasteiger partial charge in [-0.15, -0.1) is 0 Å². The van der Waals surface area contributed by atoms with Crippen molar-refractivity contribution < 1.29 is 9.53 Å². The first kappa shape index (κ1) is 15.4. The molecule has 110 valence electrons. The summed E-state index contributed by atoms with van der Waals surface area (Å²) in [5, 5.41) is 0. The van der Waals surface area contributed by atoms with Crippen LogP contribution in [0.1, 0.15) is 44.3 Å². The largest absolute Gasteiger partial charge is 0.466 e. The van der Waals surface area contributed by atoms with Crippen molar-refractivity contribution in [2.75, 3.05) is 19.7 Å². The number of likely N-dealkylation sites (tertiary alicyclic amines) is 1. The van der Waals surface area contributed by atoms with Crippen LogP contribution < -0.4 is 0 Å². The predicted octanol–water partition coefficient (Wildman–Crippen LogP) is 3.32. The molecule has 0 aliphatic carbocycles. The fourth-order valence-electron chi connectivity index (χ4n) is 2.61. The molecule has 1 aromatic rings. The summed E-state index contributed by atoms with van der Waals surface area (Å²) in [5.41, 5.74) is 0.947. The third-order valence-corrected chi connectivity index (χ3v) is 4.06. The average molecular weight is 341 g/mol. The smallest absolute Gasteiger partial charge is 0.307 e. The highest BCUT2D eigenvalue weighted by Gasteiger charge is 2.26. The van der Waals surface area contributed by atoms with E-state index in [1.54, 1.807) is 6.20 Å². The van der Waals surface area contributed by atoms with E-state index in [1.807, 2.05) is 19.1 Å².